The first-order chi connectivity index (χ1) is 6.79. The second-order valence-corrected chi connectivity index (χ2v) is 3.71. The molecule has 0 unspecified atom stereocenters. The summed E-state index contributed by atoms with van der Waals surface area (Å²) in [7, 11) is 0. The van der Waals surface area contributed by atoms with Crippen LogP contribution < -0.4 is 10.5 Å². The number of alkyl halides is 1. The normalized spacial score (nSPS) is 10.1. The lowest BCUT2D eigenvalue weighted by Crippen LogP contribution is -2.32. The Kier molecular flexibility index (Phi) is 4.65. The van der Waals surface area contributed by atoms with Crippen molar-refractivity contribution in [3.05, 3.63) is 22.7 Å². The minimum absolute atomic E-state index is 0.123. The van der Waals surface area contributed by atoms with E-state index in [0.717, 1.165) is 24.8 Å². The predicted molar refractivity (Wildman–Crippen MR) is 61.2 cm³/mol. The van der Waals surface area contributed by atoms with Crippen molar-refractivity contribution in [3.63, 3.8) is 0 Å². The van der Waals surface area contributed by atoms with E-state index in [0.29, 0.717) is 5.82 Å². The highest BCUT2D eigenvalue weighted by molar-refractivity contribution is 9.09. The van der Waals surface area contributed by atoms with E-state index in [-0.39, 0.29) is 5.56 Å². The summed E-state index contributed by atoms with van der Waals surface area (Å²) in [4.78, 5) is 20.1. The van der Waals surface area contributed by atoms with Gasteiger partial charge in [0, 0.05) is 30.8 Å². The molecule has 0 aromatic carbocycles. The van der Waals surface area contributed by atoms with Crippen molar-refractivity contribution >= 4 is 21.7 Å². The first kappa shape index (κ1) is 11.2. The molecule has 0 aliphatic carbocycles. The van der Waals surface area contributed by atoms with E-state index in [9.17, 15) is 4.79 Å². The lowest BCUT2D eigenvalue weighted by Gasteiger charge is -2.20. The Balaban J connectivity index is 2.87. The smallest absolute Gasteiger partial charge is 0.290 e. The summed E-state index contributed by atoms with van der Waals surface area (Å²) < 4.78 is 0. The Bertz CT molecular complexity index is 320. The van der Waals surface area contributed by atoms with Crippen molar-refractivity contribution < 1.29 is 0 Å². The standard InChI is InChI=1S/C9H14BrN3O/c1-2-6-13(7-3-10)8-9(14)12-5-4-11-8/h4-5H,2-3,6-7H2,1H3,(H,12,14). The fourth-order valence-electron chi connectivity index (χ4n) is 1.26. The first-order valence-corrected chi connectivity index (χ1v) is 5.76. The molecule has 0 saturated carbocycles. The Labute approximate surface area is 91.5 Å². The van der Waals surface area contributed by atoms with Gasteiger partial charge >= 0.3 is 0 Å². The molecule has 1 rings (SSSR count). The van der Waals surface area contributed by atoms with E-state index in [1.807, 2.05) is 4.90 Å². The summed E-state index contributed by atoms with van der Waals surface area (Å²) >= 11 is 3.36. The van der Waals surface area contributed by atoms with Crippen LogP contribution in [0.3, 0.4) is 0 Å². The fraction of sp³-hybridized carbons (Fsp3) is 0.556. The number of hydrogen-bond acceptors (Lipinski definition) is 3. The van der Waals surface area contributed by atoms with Crippen LogP contribution in [0.2, 0.25) is 0 Å². The molecular formula is C9H14BrN3O. The quantitative estimate of drug-likeness (QED) is 0.814. The molecule has 1 aromatic heterocycles. The van der Waals surface area contributed by atoms with Crippen LogP contribution in [-0.2, 0) is 0 Å². The maximum absolute atomic E-state index is 11.4. The molecule has 0 bridgehead atoms. The van der Waals surface area contributed by atoms with Gasteiger partial charge in [-0.3, -0.25) is 4.79 Å². The van der Waals surface area contributed by atoms with Gasteiger partial charge < -0.3 is 9.88 Å². The zero-order valence-electron chi connectivity index (χ0n) is 8.16. The van der Waals surface area contributed by atoms with E-state index in [4.69, 9.17) is 0 Å². The van der Waals surface area contributed by atoms with Crippen LogP contribution in [0, 0.1) is 0 Å². The Morgan fingerprint density at radius 1 is 1.57 bits per heavy atom. The number of hydrogen-bond donors (Lipinski definition) is 1. The molecule has 1 aromatic rings. The molecule has 5 heteroatoms. The van der Waals surface area contributed by atoms with Crippen LogP contribution in [0.5, 0.6) is 0 Å². The van der Waals surface area contributed by atoms with E-state index in [1.165, 1.54) is 0 Å². The topological polar surface area (TPSA) is 49.0 Å². The third kappa shape index (κ3) is 2.83. The monoisotopic (exact) mass is 259 g/mol. The molecule has 0 spiro atoms. The van der Waals surface area contributed by atoms with Gasteiger partial charge in [-0.15, -0.1) is 0 Å². The maximum Gasteiger partial charge on any atom is 0.290 e. The number of anilines is 1. The fourth-order valence-corrected chi connectivity index (χ4v) is 1.69. The molecule has 14 heavy (non-hydrogen) atoms. The van der Waals surface area contributed by atoms with Gasteiger partial charge in [0.25, 0.3) is 5.56 Å². The minimum atomic E-state index is -0.123. The van der Waals surface area contributed by atoms with Gasteiger partial charge in [-0.2, -0.15) is 0 Å². The van der Waals surface area contributed by atoms with E-state index >= 15 is 0 Å². The number of aromatic nitrogens is 2. The van der Waals surface area contributed by atoms with Crippen molar-refractivity contribution in [1.82, 2.24) is 9.97 Å². The minimum Gasteiger partial charge on any atom is -0.351 e. The van der Waals surface area contributed by atoms with Crippen LogP contribution >= 0.6 is 15.9 Å². The summed E-state index contributed by atoms with van der Waals surface area (Å²) in [5.74, 6) is 0.508. The molecule has 0 saturated heterocycles. The number of H-pyrrole nitrogens is 1. The third-order valence-electron chi connectivity index (χ3n) is 1.84. The molecule has 4 nitrogen and oxygen atoms in total. The molecule has 1 N–H and O–H groups in total. The van der Waals surface area contributed by atoms with Gasteiger partial charge in [0.05, 0.1) is 0 Å². The van der Waals surface area contributed by atoms with Gasteiger partial charge in [0.2, 0.25) is 0 Å². The highest BCUT2D eigenvalue weighted by Crippen LogP contribution is 2.03. The van der Waals surface area contributed by atoms with Crippen molar-refractivity contribution in [2.45, 2.75) is 13.3 Å². The number of halogens is 1. The Morgan fingerprint density at radius 3 is 2.93 bits per heavy atom. The van der Waals surface area contributed by atoms with Gasteiger partial charge in [0.15, 0.2) is 5.82 Å². The molecule has 0 aliphatic heterocycles. The first-order valence-electron chi connectivity index (χ1n) is 4.64. The maximum atomic E-state index is 11.4. The predicted octanol–water partition coefficient (Wildman–Crippen LogP) is 1.38. The molecule has 0 aliphatic rings. The van der Waals surface area contributed by atoms with Gasteiger partial charge in [-0.1, -0.05) is 22.9 Å². The van der Waals surface area contributed by atoms with Crippen LogP contribution in [0.1, 0.15) is 13.3 Å². The third-order valence-corrected chi connectivity index (χ3v) is 2.19. The number of rotatable bonds is 5. The molecule has 0 atom stereocenters. The largest absolute Gasteiger partial charge is 0.351 e. The average Bonchev–Trinajstić information content (AvgIpc) is 2.18. The summed E-state index contributed by atoms with van der Waals surface area (Å²) in [6, 6.07) is 0. The zero-order chi connectivity index (χ0) is 10.4. The molecule has 0 radical (unpaired) electrons. The van der Waals surface area contributed by atoms with Crippen molar-refractivity contribution in [1.29, 1.82) is 0 Å². The summed E-state index contributed by atoms with van der Waals surface area (Å²) in [6.07, 6.45) is 4.15. The number of nitrogens with zero attached hydrogens (tertiary/aromatic N) is 2. The zero-order valence-corrected chi connectivity index (χ0v) is 9.75. The Hall–Kier alpha value is -0.840. The Morgan fingerprint density at radius 2 is 2.36 bits per heavy atom. The van der Waals surface area contributed by atoms with Gasteiger partial charge in [-0.05, 0) is 6.42 Å². The highest BCUT2D eigenvalue weighted by atomic mass is 79.9. The lowest BCUT2D eigenvalue weighted by atomic mass is 10.4. The molecule has 0 fully saturated rings. The van der Waals surface area contributed by atoms with E-state index in [2.05, 4.69) is 32.8 Å². The SMILES string of the molecule is CCCN(CCBr)c1ncc[nH]c1=O. The molecule has 0 amide bonds. The van der Waals surface area contributed by atoms with Gasteiger partial charge in [0.1, 0.15) is 0 Å². The second kappa shape index (κ2) is 5.80. The highest BCUT2D eigenvalue weighted by Gasteiger charge is 2.09. The van der Waals surface area contributed by atoms with E-state index in [1.54, 1.807) is 12.4 Å². The van der Waals surface area contributed by atoms with Crippen molar-refractivity contribution in [3.8, 4) is 0 Å². The van der Waals surface area contributed by atoms with Gasteiger partial charge in [-0.25, -0.2) is 4.98 Å². The van der Waals surface area contributed by atoms with Crippen molar-refractivity contribution in [2.75, 3.05) is 23.3 Å². The summed E-state index contributed by atoms with van der Waals surface area (Å²) in [5, 5.41) is 0.836. The second-order valence-electron chi connectivity index (χ2n) is 2.92. The lowest BCUT2D eigenvalue weighted by molar-refractivity contribution is 0.775. The number of nitrogens with one attached hydrogen (secondary N) is 1. The van der Waals surface area contributed by atoms with Crippen molar-refractivity contribution in [2.24, 2.45) is 0 Å². The van der Waals surface area contributed by atoms with E-state index < -0.39 is 0 Å². The van der Waals surface area contributed by atoms with Crippen LogP contribution in [-0.4, -0.2) is 28.4 Å². The molecular weight excluding hydrogens is 246 g/mol. The number of aromatic amines is 1. The van der Waals surface area contributed by atoms with Crippen LogP contribution in [0.4, 0.5) is 5.82 Å². The summed E-state index contributed by atoms with van der Waals surface area (Å²) in [6.45, 7) is 3.73. The van der Waals surface area contributed by atoms with Crippen LogP contribution in [0.15, 0.2) is 17.2 Å². The summed E-state index contributed by atoms with van der Waals surface area (Å²) in [5.41, 5.74) is -0.123. The average molecular weight is 260 g/mol. The van der Waals surface area contributed by atoms with Crippen LogP contribution in [0.25, 0.3) is 0 Å². The molecule has 1 heterocycles. The molecule has 78 valence electrons.